The van der Waals surface area contributed by atoms with Crippen LogP contribution in [0.2, 0.25) is 0 Å². The number of allylic oxidation sites excluding steroid dienone is 2. The van der Waals surface area contributed by atoms with Gasteiger partial charge in [0.05, 0.1) is 0 Å². The predicted octanol–water partition coefficient (Wildman–Crippen LogP) is 3.96. The van der Waals surface area contributed by atoms with Crippen LogP contribution in [0, 0.1) is 6.92 Å². The Hall–Kier alpha value is -0.570. The van der Waals surface area contributed by atoms with Gasteiger partial charge in [0.15, 0.2) is 0 Å². The zero-order valence-corrected chi connectivity index (χ0v) is 9.15. The first-order chi connectivity index (χ1) is 5.84. The van der Waals surface area contributed by atoms with E-state index < -0.39 is 0 Å². The predicted molar refractivity (Wildman–Crippen MR) is 63.4 cm³/mol. The molecule has 0 nitrogen and oxygen atoms in total. The van der Waals surface area contributed by atoms with Gasteiger partial charge >= 0.3 is 0 Å². The minimum Gasteiger partial charge on any atom is -0.0620 e. The molecule has 0 unspecified atom stereocenters. The van der Waals surface area contributed by atoms with Gasteiger partial charge < -0.3 is 0 Å². The van der Waals surface area contributed by atoms with E-state index >= 15 is 0 Å². The third-order valence-electron chi connectivity index (χ3n) is 1.65. The molecule has 0 aliphatic carbocycles. The molecule has 0 heterocycles. The molecule has 0 amide bonds. The molecule has 0 aromatic heterocycles. The van der Waals surface area contributed by atoms with Crippen molar-refractivity contribution in [1.82, 2.24) is 0 Å². The fraction of sp³-hybridized carbons (Fsp3) is 0.0909. The molecular weight excluding hydrogens is 259 g/mol. The van der Waals surface area contributed by atoms with Gasteiger partial charge in [-0.1, -0.05) is 65.1 Å². The van der Waals surface area contributed by atoms with Crippen molar-refractivity contribution in [2.24, 2.45) is 0 Å². The maximum absolute atomic E-state index is 2.21. The maximum Gasteiger partial charge on any atom is -0.0227 e. The second kappa shape index (κ2) is 5.14. The number of halogens is 1. The van der Waals surface area contributed by atoms with Gasteiger partial charge in [0.25, 0.3) is 0 Å². The van der Waals surface area contributed by atoms with Crippen molar-refractivity contribution >= 4 is 28.7 Å². The van der Waals surface area contributed by atoms with Crippen LogP contribution in [-0.2, 0) is 0 Å². The van der Waals surface area contributed by atoms with E-state index in [-0.39, 0.29) is 0 Å². The maximum atomic E-state index is 2.21. The lowest BCUT2D eigenvalue weighted by Gasteiger charge is -1.96. The lowest BCUT2D eigenvalue weighted by Crippen LogP contribution is -1.76. The van der Waals surface area contributed by atoms with Crippen molar-refractivity contribution < 1.29 is 0 Å². The van der Waals surface area contributed by atoms with Gasteiger partial charge in [0.2, 0.25) is 0 Å². The summed E-state index contributed by atoms with van der Waals surface area (Å²) in [5.41, 5.74) is 2.60. The van der Waals surface area contributed by atoms with Gasteiger partial charge in [-0.2, -0.15) is 0 Å². The van der Waals surface area contributed by atoms with Gasteiger partial charge in [0.1, 0.15) is 0 Å². The van der Waals surface area contributed by atoms with Gasteiger partial charge in [0, 0.05) is 0 Å². The Morgan fingerprint density at radius 3 is 2.58 bits per heavy atom. The second-order valence-electron chi connectivity index (χ2n) is 2.53. The zero-order chi connectivity index (χ0) is 8.81. The molecule has 1 aromatic rings. The van der Waals surface area contributed by atoms with Gasteiger partial charge in [-0.15, -0.1) is 0 Å². The number of rotatable bonds is 2. The number of hydrogen-bond donors (Lipinski definition) is 0. The summed E-state index contributed by atoms with van der Waals surface area (Å²) in [6, 6.07) is 8.35. The van der Waals surface area contributed by atoms with E-state index in [1.54, 1.807) is 0 Å². The highest BCUT2D eigenvalue weighted by Gasteiger charge is 1.88. The molecule has 1 heteroatoms. The monoisotopic (exact) mass is 270 g/mol. The van der Waals surface area contributed by atoms with Gasteiger partial charge in [-0.25, -0.2) is 0 Å². The van der Waals surface area contributed by atoms with E-state index in [1.165, 1.54) is 11.1 Å². The first-order valence-electron chi connectivity index (χ1n) is 3.83. The number of hydrogen-bond acceptors (Lipinski definition) is 0. The third-order valence-corrected chi connectivity index (χ3v) is 2.06. The molecule has 62 valence electrons. The van der Waals surface area contributed by atoms with E-state index in [0.717, 1.165) is 0 Å². The van der Waals surface area contributed by atoms with Crippen LogP contribution < -0.4 is 0 Å². The molecule has 0 bridgehead atoms. The number of benzene rings is 1. The molecular formula is C11H11I. The van der Waals surface area contributed by atoms with Crippen molar-refractivity contribution in [2.45, 2.75) is 6.92 Å². The lowest BCUT2D eigenvalue weighted by atomic mass is 10.1. The molecule has 0 radical (unpaired) electrons. The summed E-state index contributed by atoms with van der Waals surface area (Å²) in [7, 11) is 0. The van der Waals surface area contributed by atoms with Crippen LogP contribution in [0.15, 0.2) is 40.5 Å². The van der Waals surface area contributed by atoms with E-state index in [9.17, 15) is 0 Å². The van der Waals surface area contributed by atoms with E-state index in [2.05, 4.69) is 65.9 Å². The highest BCUT2D eigenvalue weighted by Crippen LogP contribution is 2.08. The SMILES string of the molecule is Cc1ccccc1/C=C\C=C\I. The Morgan fingerprint density at radius 1 is 1.17 bits per heavy atom. The summed E-state index contributed by atoms with van der Waals surface area (Å²) in [4.78, 5) is 0. The Bertz CT molecular complexity index is 298. The summed E-state index contributed by atoms with van der Waals surface area (Å²) in [5.74, 6) is 0. The summed E-state index contributed by atoms with van der Waals surface area (Å²) >= 11 is 2.21. The van der Waals surface area contributed by atoms with Crippen LogP contribution in [0.1, 0.15) is 11.1 Å². The van der Waals surface area contributed by atoms with E-state index in [0.29, 0.717) is 0 Å². The molecule has 0 saturated carbocycles. The lowest BCUT2D eigenvalue weighted by molar-refractivity contribution is 1.44. The summed E-state index contributed by atoms with van der Waals surface area (Å²) in [5, 5.41) is 0. The highest BCUT2D eigenvalue weighted by atomic mass is 127. The normalized spacial score (nSPS) is 11.5. The third kappa shape index (κ3) is 2.81. The molecule has 0 fully saturated rings. The molecule has 0 N–H and O–H groups in total. The van der Waals surface area contributed by atoms with Crippen LogP contribution in [0.3, 0.4) is 0 Å². The van der Waals surface area contributed by atoms with Crippen molar-refractivity contribution in [3.8, 4) is 0 Å². The summed E-state index contributed by atoms with van der Waals surface area (Å²) < 4.78 is 1.99. The average molecular weight is 270 g/mol. The van der Waals surface area contributed by atoms with E-state index in [4.69, 9.17) is 0 Å². The largest absolute Gasteiger partial charge is 0.0620 e. The second-order valence-corrected chi connectivity index (χ2v) is 3.25. The quantitative estimate of drug-likeness (QED) is 0.563. The van der Waals surface area contributed by atoms with Crippen LogP contribution in [0.25, 0.3) is 6.08 Å². The Morgan fingerprint density at radius 2 is 1.92 bits per heavy atom. The standard InChI is InChI=1S/C11H11I/c1-10-6-2-3-7-11(10)8-4-5-9-12/h2-9H,1H3/b8-4-,9-5+. The smallest absolute Gasteiger partial charge is 0.0227 e. The molecule has 0 atom stereocenters. The molecule has 1 rings (SSSR count). The molecule has 12 heavy (non-hydrogen) atoms. The summed E-state index contributed by atoms with van der Waals surface area (Å²) in [6.45, 7) is 2.12. The number of aryl methyl sites for hydroxylation is 1. The first kappa shape index (κ1) is 9.52. The fourth-order valence-corrected chi connectivity index (χ4v) is 1.21. The fourth-order valence-electron chi connectivity index (χ4n) is 0.975. The first-order valence-corrected chi connectivity index (χ1v) is 5.08. The van der Waals surface area contributed by atoms with Crippen LogP contribution in [0.5, 0.6) is 0 Å². The Labute approximate surface area is 87.1 Å². The minimum absolute atomic E-state index is 1.28. The Kier molecular flexibility index (Phi) is 4.08. The summed E-state index contributed by atoms with van der Waals surface area (Å²) in [6.07, 6.45) is 6.19. The van der Waals surface area contributed by atoms with Gasteiger partial charge in [-0.05, 0) is 22.1 Å². The molecule has 0 aliphatic rings. The van der Waals surface area contributed by atoms with E-state index in [1.807, 2.05) is 10.2 Å². The molecule has 1 aromatic carbocycles. The molecule has 0 saturated heterocycles. The average Bonchev–Trinajstić information content (AvgIpc) is 2.09. The zero-order valence-electron chi connectivity index (χ0n) is 7.00. The Balaban J connectivity index is 2.82. The van der Waals surface area contributed by atoms with Crippen molar-refractivity contribution in [2.75, 3.05) is 0 Å². The van der Waals surface area contributed by atoms with Crippen molar-refractivity contribution in [1.29, 1.82) is 0 Å². The van der Waals surface area contributed by atoms with Crippen LogP contribution in [0.4, 0.5) is 0 Å². The van der Waals surface area contributed by atoms with Crippen LogP contribution >= 0.6 is 22.6 Å². The minimum atomic E-state index is 1.28. The van der Waals surface area contributed by atoms with Crippen molar-refractivity contribution in [3.63, 3.8) is 0 Å². The molecule has 0 aliphatic heterocycles. The molecule has 0 spiro atoms. The highest BCUT2D eigenvalue weighted by molar-refractivity contribution is 14.1. The topological polar surface area (TPSA) is 0 Å². The van der Waals surface area contributed by atoms with Crippen molar-refractivity contribution in [3.05, 3.63) is 51.6 Å². The van der Waals surface area contributed by atoms with Crippen LogP contribution in [-0.4, -0.2) is 0 Å². The van der Waals surface area contributed by atoms with Gasteiger partial charge in [-0.3, -0.25) is 0 Å².